The summed E-state index contributed by atoms with van der Waals surface area (Å²) in [6.07, 6.45) is -1.46. The Balaban J connectivity index is 2.18. The van der Waals surface area contributed by atoms with Crippen molar-refractivity contribution in [3.8, 4) is 0 Å². The molecule has 1 amide bonds. The number of alkyl halides is 2. The van der Waals surface area contributed by atoms with Crippen molar-refractivity contribution in [2.75, 3.05) is 6.61 Å². The molecule has 2 N–H and O–H groups in total. The minimum atomic E-state index is -2.74. The Morgan fingerprint density at radius 1 is 1.61 bits per heavy atom. The fourth-order valence-electron chi connectivity index (χ4n) is 2.00. The van der Waals surface area contributed by atoms with Gasteiger partial charge in [0.05, 0.1) is 19.1 Å². The second kappa shape index (κ2) is 5.38. The summed E-state index contributed by atoms with van der Waals surface area (Å²) in [5.74, 6) is -0.707. The zero-order valence-electron chi connectivity index (χ0n) is 9.68. The summed E-state index contributed by atoms with van der Waals surface area (Å²) >= 11 is 0. The number of aromatic nitrogens is 3. The zero-order valence-corrected chi connectivity index (χ0v) is 9.68. The number of nitrogens with two attached hydrogens (primary N) is 1. The molecule has 6 nitrogen and oxygen atoms in total. The largest absolute Gasteiger partial charge is 0.376 e. The van der Waals surface area contributed by atoms with Crippen molar-refractivity contribution in [2.45, 2.75) is 38.3 Å². The van der Waals surface area contributed by atoms with Crippen LogP contribution >= 0.6 is 0 Å². The highest BCUT2D eigenvalue weighted by Crippen LogP contribution is 2.23. The lowest BCUT2D eigenvalue weighted by Crippen LogP contribution is -2.19. The van der Waals surface area contributed by atoms with Gasteiger partial charge in [-0.15, -0.1) is 5.10 Å². The zero-order chi connectivity index (χ0) is 13.1. The third-order valence-corrected chi connectivity index (χ3v) is 2.80. The van der Waals surface area contributed by atoms with Crippen LogP contribution in [0.15, 0.2) is 0 Å². The van der Waals surface area contributed by atoms with Crippen LogP contribution in [-0.2, 0) is 22.5 Å². The van der Waals surface area contributed by atoms with E-state index >= 15 is 0 Å². The first kappa shape index (κ1) is 12.9. The number of carbonyl (C=O) groups is 1. The molecule has 18 heavy (non-hydrogen) atoms. The van der Waals surface area contributed by atoms with E-state index in [-0.39, 0.29) is 30.5 Å². The summed E-state index contributed by atoms with van der Waals surface area (Å²) in [6.45, 7) is 0.864. The molecule has 1 unspecified atom stereocenters. The monoisotopic (exact) mass is 260 g/mol. The average Bonchev–Trinajstić information content (AvgIpc) is 2.88. The molecule has 1 aromatic rings. The van der Waals surface area contributed by atoms with E-state index in [9.17, 15) is 13.6 Å². The van der Waals surface area contributed by atoms with Gasteiger partial charge in [0, 0.05) is 6.61 Å². The number of nitrogens with zero attached hydrogens (tertiary/aromatic N) is 3. The van der Waals surface area contributed by atoms with Crippen molar-refractivity contribution in [1.82, 2.24) is 15.0 Å². The van der Waals surface area contributed by atoms with E-state index in [0.29, 0.717) is 6.61 Å². The van der Waals surface area contributed by atoms with Gasteiger partial charge in [-0.2, -0.15) is 0 Å². The van der Waals surface area contributed by atoms with Crippen LogP contribution in [-0.4, -0.2) is 33.6 Å². The van der Waals surface area contributed by atoms with Crippen molar-refractivity contribution in [3.63, 3.8) is 0 Å². The molecule has 0 bridgehead atoms. The first-order valence-electron chi connectivity index (χ1n) is 5.68. The van der Waals surface area contributed by atoms with Gasteiger partial charge < -0.3 is 10.5 Å². The van der Waals surface area contributed by atoms with E-state index in [1.165, 1.54) is 0 Å². The molecular weight excluding hydrogens is 246 g/mol. The molecule has 1 aliphatic heterocycles. The maximum absolute atomic E-state index is 13.0. The van der Waals surface area contributed by atoms with Crippen molar-refractivity contribution in [3.05, 3.63) is 11.4 Å². The third-order valence-electron chi connectivity index (χ3n) is 2.80. The van der Waals surface area contributed by atoms with Crippen LogP contribution in [0.3, 0.4) is 0 Å². The molecule has 1 saturated heterocycles. The van der Waals surface area contributed by atoms with E-state index in [1.54, 1.807) is 0 Å². The molecule has 2 rings (SSSR count). The van der Waals surface area contributed by atoms with Crippen molar-refractivity contribution in [1.29, 1.82) is 0 Å². The number of amides is 1. The van der Waals surface area contributed by atoms with Crippen LogP contribution in [0.1, 0.15) is 30.7 Å². The Bertz CT molecular complexity index is 430. The lowest BCUT2D eigenvalue weighted by Gasteiger charge is -2.11. The van der Waals surface area contributed by atoms with Crippen LogP contribution in [0.2, 0.25) is 0 Å². The first-order valence-corrected chi connectivity index (χ1v) is 5.68. The molecule has 0 aliphatic carbocycles. The molecule has 1 aliphatic rings. The predicted octanol–water partition coefficient (Wildman–Crippen LogP) is 0.422. The smallest absolute Gasteiger partial charge is 0.281 e. The number of hydrogen-bond donors (Lipinski definition) is 1. The van der Waals surface area contributed by atoms with Gasteiger partial charge in [-0.25, -0.2) is 13.5 Å². The normalized spacial score (nSPS) is 19.6. The Hall–Kier alpha value is -1.57. The van der Waals surface area contributed by atoms with Crippen LogP contribution in [0, 0.1) is 0 Å². The summed E-state index contributed by atoms with van der Waals surface area (Å²) in [5.41, 5.74) is 4.58. The fraction of sp³-hybridized carbons (Fsp3) is 0.700. The average molecular weight is 260 g/mol. The highest BCUT2D eigenvalue weighted by molar-refractivity contribution is 5.76. The lowest BCUT2D eigenvalue weighted by atomic mass is 10.2. The Morgan fingerprint density at radius 2 is 2.39 bits per heavy atom. The number of ether oxygens (including phenoxy) is 1. The quantitative estimate of drug-likeness (QED) is 0.831. The summed E-state index contributed by atoms with van der Waals surface area (Å²) in [4.78, 5) is 10.8. The van der Waals surface area contributed by atoms with E-state index < -0.39 is 12.3 Å². The molecular formula is C10H14F2N4O2. The number of hydrogen-bond acceptors (Lipinski definition) is 4. The maximum Gasteiger partial charge on any atom is 0.281 e. The Kier molecular flexibility index (Phi) is 3.85. The highest BCUT2D eigenvalue weighted by atomic mass is 19.3. The summed E-state index contributed by atoms with van der Waals surface area (Å²) in [5, 5.41) is 7.25. The molecule has 1 aromatic heterocycles. The standard InChI is InChI=1S/C10H14F2N4O2/c11-10(12)9-7(4-8(13)17)14-15-16(9)5-6-2-1-3-18-6/h6,10H,1-5H2,(H2,13,17). The fourth-order valence-corrected chi connectivity index (χ4v) is 2.00. The van der Waals surface area contributed by atoms with Crippen LogP contribution in [0.5, 0.6) is 0 Å². The minimum Gasteiger partial charge on any atom is -0.376 e. The highest BCUT2D eigenvalue weighted by Gasteiger charge is 2.25. The summed E-state index contributed by atoms with van der Waals surface area (Å²) in [7, 11) is 0. The molecule has 1 fully saturated rings. The number of rotatable bonds is 5. The molecule has 100 valence electrons. The van der Waals surface area contributed by atoms with E-state index in [0.717, 1.165) is 17.5 Å². The molecule has 0 aromatic carbocycles. The van der Waals surface area contributed by atoms with Gasteiger partial charge in [0.25, 0.3) is 6.43 Å². The van der Waals surface area contributed by atoms with Gasteiger partial charge >= 0.3 is 0 Å². The van der Waals surface area contributed by atoms with Crippen molar-refractivity contribution in [2.24, 2.45) is 5.73 Å². The number of halogens is 2. The van der Waals surface area contributed by atoms with Crippen LogP contribution < -0.4 is 5.73 Å². The minimum absolute atomic E-state index is 0.0597. The summed E-state index contributed by atoms with van der Waals surface area (Å²) in [6, 6.07) is 0. The maximum atomic E-state index is 13.0. The molecule has 0 saturated carbocycles. The van der Waals surface area contributed by atoms with E-state index in [2.05, 4.69) is 10.3 Å². The molecule has 1 atom stereocenters. The molecule has 8 heteroatoms. The van der Waals surface area contributed by atoms with E-state index in [1.807, 2.05) is 0 Å². The van der Waals surface area contributed by atoms with Crippen LogP contribution in [0.25, 0.3) is 0 Å². The second-order valence-corrected chi connectivity index (χ2v) is 4.18. The van der Waals surface area contributed by atoms with Gasteiger partial charge in [0.1, 0.15) is 11.4 Å². The third kappa shape index (κ3) is 2.81. The molecule has 0 radical (unpaired) electrons. The topological polar surface area (TPSA) is 83.0 Å². The lowest BCUT2D eigenvalue weighted by molar-refractivity contribution is -0.117. The molecule has 0 spiro atoms. The SMILES string of the molecule is NC(=O)Cc1nnn(CC2CCCO2)c1C(F)F. The van der Waals surface area contributed by atoms with Crippen LogP contribution in [0.4, 0.5) is 8.78 Å². The predicted molar refractivity (Wildman–Crippen MR) is 56.9 cm³/mol. The second-order valence-electron chi connectivity index (χ2n) is 4.18. The van der Waals surface area contributed by atoms with Gasteiger partial charge in [-0.3, -0.25) is 4.79 Å². The van der Waals surface area contributed by atoms with Gasteiger partial charge in [-0.1, -0.05) is 5.21 Å². The van der Waals surface area contributed by atoms with E-state index in [4.69, 9.17) is 10.5 Å². The summed E-state index contributed by atoms with van der Waals surface area (Å²) < 4.78 is 32.4. The van der Waals surface area contributed by atoms with Crippen molar-refractivity contribution < 1.29 is 18.3 Å². The molecule has 2 heterocycles. The van der Waals surface area contributed by atoms with Crippen molar-refractivity contribution >= 4 is 5.91 Å². The number of carbonyl (C=O) groups excluding carboxylic acids is 1. The van der Waals surface area contributed by atoms with Gasteiger partial charge in [-0.05, 0) is 12.8 Å². The van der Waals surface area contributed by atoms with Gasteiger partial charge in [0.15, 0.2) is 0 Å². The first-order chi connectivity index (χ1) is 8.58. The Morgan fingerprint density at radius 3 is 2.94 bits per heavy atom. The number of primary amides is 1. The van der Waals surface area contributed by atoms with Gasteiger partial charge in [0.2, 0.25) is 5.91 Å². The Labute approximate surface area is 102 Å².